The fourth-order valence-corrected chi connectivity index (χ4v) is 7.31. The van der Waals surface area contributed by atoms with E-state index in [9.17, 15) is 9.59 Å². The Morgan fingerprint density at radius 3 is 2.54 bits per heavy atom. The van der Waals surface area contributed by atoms with E-state index in [2.05, 4.69) is 27.4 Å². The van der Waals surface area contributed by atoms with Crippen molar-refractivity contribution in [3.8, 4) is 0 Å². The van der Waals surface area contributed by atoms with Gasteiger partial charge in [0.15, 0.2) is 5.78 Å². The molecule has 0 saturated heterocycles. The molecule has 0 bridgehead atoms. The zero-order chi connectivity index (χ0) is 18.9. The van der Waals surface area contributed by atoms with Gasteiger partial charge < -0.3 is 4.74 Å². The highest BCUT2D eigenvalue weighted by Crippen LogP contribution is 2.68. The highest BCUT2D eigenvalue weighted by atomic mass is 16.6. The molecule has 0 aromatic rings. The Kier molecular flexibility index (Phi) is 3.85. The van der Waals surface area contributed by atoms with Crippen molar-refractivity contribution in [2.75, 3.05) is 0 Å². The Balaban J connectivity index is 1.67. The van der Waals surface area contributed by atoms with E-state index in [0.717, 1.165) is 44.1 Å². The van der Waals surface area contributed by atoms with Crippen LogP contribution in [0, 0.1) is 28.6 Å². The molecule has 0 amide bonds. The Morgan fingerprint density at radius 2 is 1.85 bits per heavy atom. The smallest absolute Gasteiger partial charge is 0.303 e. The van der Waals surface area contributed by atoms with Gasteiger partial charge in [0.1, 0.15) is 5.60 Å². The van der Waals surface area contributed by atoms with Crippen molar-refractivity contribution in [1.29, 1.82) is 0 Å². The zero-order valence-corrected chi connectivity index (χ0v) is 16.7. The SMILES string of the molecule is C=C1C[C@]2(C)C(=CC1=O)CC[C@H]1[C@@H]3CC[C@](C)(OC(C)=O)[C@@]3(C)CC[C@@H]12. The third kappa shape index (κ3) is 2.25. The molecule has 142 valence electrons. The molecule has 4 aliphatic rings. The van der Waals surface area contributed by atoms with Crippen LogP contribution in [0.3, 0.4) is 0 Å². The number of ether oxygens (including phenoxy) is 1. The molecule has 0 heterocycles. The summed E-state index contributed by atoms with van der Waals surface area (Å²) in [7, 11) is 0. The number of allylic oxidation sites excluding steroid dienone is 2. The normalized spacial score (nSPS) is 47.5. The topological polar surface area (TPSA) is 43.4 Å². The minimum Gasteiger partial charge on any atom is -0.459 e. The fraction of sp³-hybridized carbons (Fsp3) is 0.739. The van der Waals surface area contributed by atoms with E-state index >= 15 is 0 Å². The van der Waals surface area contributed by atoms with Crippen LogP contribution in [0.2, 0.25) is 0 Å². The second kappa shape index (κ2) is 5.56. The van der Waals surface area contributed by atoms with Crippen LogP contribution in [0.1, 0.15) is 72.6 Å². The molecule has 26 heavy (non-hydrogen) atoms. The predicted octanol–water partition coefficient (Wildman–Crippen LogP) is 5.01. The van der Waals surface area contributed by atoms with Crippen molar-refractivity contribution in [1.82, 2.24) is 0 Å². The number of esters is 1. The van der Waals surface area contributed by atoms with Gasteiger partial charge in [-0.15, -0.1) is 0 Å². The van der Waals surface area contributed by atoms with E-state index in [1.54, 1.807) is 0 Å². The Hall–Kier alpha value is -1.38. The molecule has 3 nitrogen and oxygen atoms in total. The van der Waals surface area contributed by atoms with E-state index in [1.165, 1.54) is 18.9 Å². The van der Waals surface area contributed by atoms with Crippen LogP contribution in [0.25, 0.3) is 0 Å². The van der Waals surface area contributed by atoms with E-state index in [1.807, 2.05) is 6.08 Å². The van der Waals surface area contributed by atoms with Gasteiger partial charge in [-0.1, -0.05) is 26.0 Å². The Bertz CT molecular complexity index is 719. The molecule has 6 atom stereocenters. The lowest BCUT2D eigenvalue weighted by atomic mass is 9.46. The van der Waals surface area contributed by atoms with E-state index in [4.69, 9.17) is 4.74 Å². The summed E-state index contributed by atoms with van der Waals surface area (Å²) in [6.45, 7) is 12.5. The van der Waals surface area contributed by atoms with Gasteiger partial charge in [-0.2, -0.15) is 0 Å². The summed E-state index contributed by atoms with van der Waals surface area (Å²) < 4.78 is 5.90. The average molecular weight is 357 g/mol. The molecule has 0 spiro atoms. The Morgan fingerprint density at radius 1 is 1.15 bits per heavy atom. The lowest BCUT2D eigenvalue weighted by molar-refractivity contribution is -0.177. The number of carbonyl (C=O) groups is 2. The first kappa shape index (κ1) is 18.0. The third-order valence-corrected chi connectivity index (χ3v) is 8.87. The third-order valence-electron chi connectivity index (χ3n) is 8.87. The lowest BCUT2D eigenvalue weighted by Crippen LogP contribution is -2.55. The summed E-state index contributed by atoms with van der Waals surface area (Å²) in [6.07, 6.45) is 9.31. The van der Waals surface area contributed by atoms with Gasteiger partial charge >= 0.3 is 5.97 Å². The molecule has 4 aliphatic carbocycles. The summed E-state index contributed by atoms with van der Waals surface area (Å²) >= 11 is 0. The monoisotopic (exact) mass is 356 g/mol. The maximum absolute atomic E-state index is 12.1. The van der Waals surface area contributed by atoms with Gasteiger partial charge in [0, 0.05) is 12.3 Å². The molecule has 0 aromatic heterocycles. The van der Waals surface area contributed by atoms with Crippen LogP contribution < -0.4 is 0 Å². The molecule has 3 heteroatoms. The summed E-state index contributed by atoms with van der Waals surface area (Å²) in [6, 6.07) is 0. The van der Waals surface area contributed by atoms with Gasteiger partial charge in [0.2, 0.25) is 0 Å². The maximum atomic E-state index is 12.1. The summed E-state index contributed by atoms with van der Waals surface area (Å²) in [4.78, 5) is 23.9. The van der Waals surface area contributed by atoms with E-state index in [-0.39, 0.29) is 28.2 Å². The van der Waals surface area contributed by atoms with Crippen LogP contribution in [-0.2, 0) is 14.3 Å². The first-order chi connectivity index (χ1) is 12.1. The average Bonchev–Trinajstić information content (AvgIpc) is 2.80. The number of fused-ring (bicyclic) bond motifs is 5. The highest BCUT2D eigenvalue weighted by molar-refractivity contribution is 6.05. The van der Waals surface area contributed by atoms with Gasteiger partial charge in [-0.3, -0.25) is 9.59 Å². The maximum Gasteiger partial charge on any atom is 0.303 e. The van der Waals surface area contributed by atoms with Crippen molar-refractivity contribution < 1.29 is 14.3 Å². The molecule has 3 saturated carbocycles. The summed E-state index contributed by atoms with van der Waals surface area (Å²) in [5.74, 6) is 1.87. The zero-order valence-electron chi connectivity index (χ0n) is 16.7. The van der Waals surface area contributed by atoms with Crippen LogP contribution in [-0.4, -0.2) is 17.4 Å². The molecule has 0 aromatic carbocycles. The largest absolute Gasteiger partial charge is 0.459 e. The quantitative estimate of drug-likeness (QED) is 0.490. The van der Waals surface area contributed by atoms with Gasteiger partial charge in [-0.05, 0) is 86.7 Å². The molecule has 0 unspecified atom stereocenters. The van der Waals surface area contributed by atoms with Crippen molar-refractivity contribution in [2.24, 2.45) is 28.6 Å². The van der Waals surface area contributed by atoms with Crippen LogP contribution in [0.5, 0.6) is 0 Å². The number of rotatable bonds is 1. The standard InChI is InChI=1S/C23H32O3/c1-14-13-21(3)16(12-20(14)25)6-7-17-18(21)8-10-22(4)19(17)9-11-23(22,5)26-15(2)24/h12,17-19H,1,6-11,13H2,2-5H3/t17-,18+,19+,21-,22+,23+/m1/s1. The van der Waals surface area contributed by atoms with Crippen molar-refractivity contribution >= 4 is 11.8 Å². The second-order valence-corrected chi connectivity index (χ2v) is 9.97. The summed E-state index contributed by atoms with van der Waals surface area (Å²) in [5.41, 5.74) is 1.97. The van der Waals surface area contributed by atoms with Gasteiger partial charge in [-0.25, -0.2) is 0 Å². The number of hydrogen-bond acceptors (Lipinski definition) is 3. The molecule has 4 rings (SSSR count). The van der Waals surface area contributed by atoms with E-state index in [0.29, 0.717) is 17.8 Å². The molecule has 0 radical (unpaired) electrons. The van der Waals surface area contributed by atoms with Crippen LogP contribution >= 0.6 is 0 Å². The highest BCUT2D eigenvalue weighted by Gasteiger charge is 2.64. The van der Waals surface area contributed by atoms with Gasteiger partial charge in [0.25, 0.3) is 0 Å². The lowest BCUT2D eigenvalue weighted by Gasteiger charge is -2.59. The number of carbonyl (C=O) groups excluding carboxylic acids is 2. The van der Waals surface area contributed by atoms with Gasteiger partial charge in [0.05, 0.1) is 0 Å². The molecular weight excluding hydrogens is 324 g/mol. The fourth-order valence-electron chi connectivity index (χ4n) is 7.31. The number of hydrogen-bond donors (Lipinski definition) is 0. The number of ketones is 1. The van der Waals surface area contributed by atoms with E-state index < -0.39 is 0 Å². The van der Waals surface area contributed by atoms with Crippen LogP contribution in [0.4, 0.5) is 0 Å². The second-order valence-electron chi connectivity index (χ2n) is 9.97. The van der Waals surface area contributed by atoms with Crippen molar-refractivity contribution in [3.05, 3.63) is 23.8 Å². The molecule has 3 fully saturated rings. The molecular formula is C23H32O3. The molecule has 0 aliphatic heterocycles. The first-order valence-electron chi connectivity index (χ1n) is 10.2. The Labute approximate surface area is 157 Å². The minimum atomic E-state index is -0.336. The summed E-state index contributed by atoms with van der Waals surface area (Å²) in [5, 5.41) is 0. The molecule has 0 N–H and O–H groups in total. The van der Waals surface area contributed by atoms with Crippen LogP contribution in [0.15, 0.2) is 23.8 Å². The predicted molar refractivity (Wildman–Crippen MR) is 101 cm³/mol. The first-order valence-corrected chi connectivity index (χ1v) is 10.2. The minimum absolute atomic E-state index is 0.0684. The van der Waals surface area contributed by atoms with Crippen molar-refractivity contribution in [2.45, 2.75) is 78.2 Å². The van der Waals surface area contributed by atoms with Crippen molar-refractivity contribution in [3.63, 3.8) is 0 Å².